The van der Waals surface area contributed by atoms with Gasteiger partial charge in [0.15, 0.2) is 0 Å². The number of phenols is 1. The van der Waals surface area contributed by atoms with Crippen LogP contribution in [0, 0.1) is 0 Å². The van der Waals surface area contributed by atoms with Gasteiger partial charge < -0.3 is 15.6 Å². The first-order chi connectivity index (χ1) is 9.22. The van der Waals surface area contributed by atoms with E-state index >= 15 is 0 Å². The second-order valence-electron chi connectivity index (χ2n) is 4.23. The van der Waals surface area contributed by atoms with Crippen molar-refractivity contribution in [3.63, 3.8) is 0 Å². The molecule has 3 aromatic rings. The molecule has 0 unspecified atom stereocenters. The number of pyridine rings is 1. The van der Waals surface area contributed by atoms with E-state index in [4.69, 9.17) is 10.5 Å². The van der Waals surface area contributed by atoms with Gasteiger partial charge in [-0.15, -0.1) is 0 Å². The number of aromatic hydroxyl groups is 1. The van der Waals surface area contributed by atoms with Gasteiger partial charge in [0.05, 0.1) is 11.9 Å². The second kappa shape index (κ2) is 4.53. The molecule has 0 bridgehead atoms. The van der Waals surface area contributed by atoms with Crippen LogP contribution in [0.3, 0.4) is 0 Å². The monoisotopic (exact) mass is 255 g/mol. The van der Waals surface area contributed by atoms with Crippen molar-refractivity contribution in [2.75, 3.05) is 5.73 Å². The minimum atomic E-state index is 0.180. The van der Waals surface area contributed by atoms with Crippen molar-refractivity contribution in [2.45, 2.75) is 6.61 Å². The van der Waals surface area contributed by atoms with Crippen LogP contribution >= 0.6 is 0 Å². The molecule has 2 aromatic heterocycles. The van der Waals surface area contributed by atoms with E-state index in [0.29, 0.717) is 18.0 Å². The van der Waals surface area contributed by atoms with Gasteiger partial charge in [-0.2, -0.15) is 0 Å². The third-order valence-electron chi connectivity index (χ3n) is 2.81. The van der Waals surface area contributed by atoms with E-state index in [-0.39, 0.29) is 5.75 Å². The predicted molar refractivity (Wildman–Crippen MR) is 72.0 cm³/mol. The molecule has 0 saturated carbocycles. The van der Waals surface area contributed by atoms with Crippen molar-refractivity contribution in [2.24, 2.45) is 0 Å². The van der Waals surface area contributed by atoms with Gasteiger partial charge in [-0.05, 0) is 24.3 Å². The maximum atomic E-state index is 9.36. The van der Waals surface area contributed by atoms with Crippen LogP contribution in [0.25, 0.3) is 5.65 Å². The van der Waals surface area contributed by atoms with Crippen LogP contribution in [0.2, 0.25) is 0 Å². The fraction of sp³-hybridized carbons (Fsp3) is 0.0714. The number of fused-ring (bicyclic) bond motifs is 1. The first-order valence-electron chi connectivity index (χ1n) is 5.86. The molecular weight excluding hydrogens is 242 g/mol. The number of nitrogen functional groups attached to an aromatic ring is 1. The third kappa shape index (κ3) is 2.30. The number of rotatable bonds is 3. The van der Waals surface area contributed by atoms with Gasteiger partial charge in [-0.3, -0.25) is 4.40 Å². The minimum absolute atomic E-state index is 0.180. The van der Waals surface area contributed by atoms with Crippen LogP contribution in [0.15, 0.2) is 48.8 Å². The number of nitrogens with zero attached hydrogens (tertiary/aromatic N) is 2. The molecule has 19 heavy (non-hydrogen) atoms. The second-order valence-corrected chi connectivity index (χ2v) is 4.23. The molecule has 0 amide bonds. The smallest absolute Gasteiger partial charge is 0.137 e. The lowest BCUT2D eigenvalue weighted by Gasteiger charge is -2.06. The average Bonchev–Trinajstić information content (AvgIpc) is 2.79. The van der Waals surface area contributed by atoms with Gasteiger partial charge in [0.25, 0.3) is 0 Å². The standard InChI is InChI=1S/C14H13N3O2/c15-10-4-5-14-16-7-11(17(14)8-10)9-19-13-3-1-2-12(18)6-13/h1-8,18H,9,15H2. The minimum Gasteiger partial charge on any atom is -0.508 e. The molecule has 5 nitrogen and oxygen atoms in total. The highest BCUT2D eigenvalue weighted by Gasteiger charge is 2.04. The number of hydrogen-bond donors (Lipinski definition) is 2. The van der Waals surface area contributed by atoms with E-state index in [1.165, 1.54) is 0 Å². The normalized spacial score (nSPS) is 10.7. The summed E-state index contributed by atoms with van der Waals surface area (Å²) in [6.45, 7) is 0.355. The molecule has 3 rings (SSSR count). The van der Waals surface area contributed by atoms with Gasteiger partial charge in [0.2, 0.25) is 0 Å². The Morgan fingerprint density at radius 3 is 3.00 bits per heavy atom. The van der Waals surface area contributed by atoms with Crippen molar-refractivity contribution >= 4 is 11.3 Å². The van der Waals surface area contributed by atoms with Crippen LogP contribution < -0.4 is 10.5 Å². The zero-order valence-electron chi connectivity index (χ0n) is 10.2. The Morgan fingerprint density at radius 2 is 2.16 bits per heavy atom. The van der Waals surface area contributed by atoms with Crippen LogP contribution in [0.1, 0.15) is 5.69 Å². The van der Waals surface area contributed by atoms with E-state index in [0.717, 1.165) is 11.3 Å². The Balaban J connectivity index is 1.84. The molecule has 96 valence electrons. The number of phenolic OH excluding ortho intramolecular Hbond substituents is 1. The Hall–Kier alpha value is -2.69. The first kappa shape index (κ1) is 11.4. The number of imidazole rings is 1. The molecule has 0 aliphatic heterocycles. The van der Waals surface area contributed by atoms with Crippen molar-refractivity contribution < 1.29 is 9.84 Å². The van der Waals surface area contributed by atoms with E-state index in [1.54, 1.807) is 30.5 Å². The van der Waals surface area contributed by atoms with Gasteiger partial charge in [-0.1, -0.05) is 6.07 Å². The van der Waals surface area contributed by atoms with Crippen LogP contribution in [-0.4, -0.2) is 14.5 Å². The van der Waals surface area contributed by atoms with Crippen molar-refractivity contribution in [1.29, 1.82) is 0 Å². The van der Waals surface area contributed by atoms with Crippen LogP contribution in [0.5, 0.6) is 11.5 Å². The molecule has 0 aliphatic carbocycles. The lowest BCUT2D eigenvalue weighted by molar-refractivity contribution is 0.298. The van der Waals surface area contributed by atoms with Gasteiger partial charge in [0, 0.05) is 18.0 Å². The molecule has 0 radical (unpaired) electrons. The summed E-state index contributed by atoms with van der Waals surface area (Å²) >= 11 is 0. The number of nitrogens with two attached hydrogens (primary N) is 1. The molecular formula is C14H13N3O2. The molecule has 3 N–H and O–H groups in total. The fourth-order valence-corrected chi connectivity index (χ4v) is 1.88. The highest BCUT2D eigenvalue weighted by Crippen LogP contribution is 2.19. The van der Waals surface area contributed by atoms with Crippen molar-refractivity contribution in [3.05, 3.63) is 54.5 Å². The van der Waals surface area contributed by atoms with E-state index < -0.39 is 0 Å². The largest absolute Gasteiger partial charge is 0.508 e. The summed E-state index contributed by atoms with van der Waals surface area (Å²) < 4.78 is 7.50. The molecule has 0 spiro atoms. The number of anilines is 1. The Morgan fingerprint density at radius 1 is 1.26 bits per heavy atom. The third-order valence-corrected chi connectivity index (χ3v) is 2.81. The summed E-state index contributed by atoms with van der Waals surface area (Å²) in [7, 11) is 0. The maximum Gasteiger partial charge on any atom is 0.137 e. The molecule has 0 fully saturated rings. The summed E-state index contributed by atoms with van der Waals surface area (Å²) in [5.74, 6) is 0.790. The van der Waals surface area contributed by atoms with E-state index in [2.05, 4.69) is 4.98 Å². The molecule has 0 saturated heterocycles. The van der Waals surface area contributed by atoms with E-state index in [9.17, 15) is 5.11 Å². The summed E-state index contributed by atoms with van der Waals surface area (Å²) in [4.78, 5) is 4.27. The highest BCUT2D eigenvalue weighted by molar-refractivity contribution is 5.48. The summed E-state index contributed by atoms with van der Waals surface area (Å²) in [5, 5.41) is 9.36. The quantitative estimate of drug-likeness (QED) is 0.752. The Kier molecular flexibility index (Phi) is 2.72. The van der Waals surface area contributed by atoms with Crippen LogP contribution in [-0.2, 0) is 6.61 Å². The highest BCUT2D eigenvalue weighted by atomic mass is 16.5. The Bertz CT molecular complexity index is 722. The Labute approximate surface area is 109 Å². The average molecular weight is 255 g/mol. The van der Waals surface area contributed by atoms with Crippen molar-refractivity contribution in [3.8, 4) is 11.5 Å². The zero-order valence-corrected chi connectivity index (χ0v) is 10.2. The predicted octanol–water partition coefficient (Wildman–Crippen LogP) is 2.20. The molecule has 1 aromatic carbocycles. The van der Waals surface area contributed by atoms with Gasteiger partial charge in [-0.25, -0.2) is 4.98 Å². The fourth-order valence-electron chi connectivity index (χ4n) is 1.88. The number of ether oxygens (including phenoxy) is 1. The topological polar surface area (TPSA) is 72.8 Å². The summed E-state index contributed by atoms with van der Waals surface area (Å²) in [6, 6.07) is 10.4. The van der Waals surface area contributed by atoms with E-state index in [1.807, 2.05) is 22.7 Å². The first-order valence-corrected chi connectivity index (χ1v) is 5.86. The lowest BCUT2D eigenvalue weighted by Crippen LogP contribution is -2.00. The summed E-state index contributed by atoms with van der Waals surface area (Å²) in [6.07, 6.45) is 3.56. The maximum absolute atomic E-state index is 9.36. The van der Waals surface area contributed by atoms with Gasteiger partial charge in [0.1, 0.15) is 23.8 Å². The van der Waals surface area contributed by atoms with Crippen LogP contribution in [0.4, 0.5) is 5.69 Å². The van der Waals surface area contributed by atoms with Crippen molar-refractivity contribution in [1.82, 2.24) is 9.38 Å². The molecule has 0 aliphatic rings. The number of hydrogen-bond acceptors (Lipinski definition) is 4. The molecule has 0 atom stereocenters. The molecule has 5 heteroatoms. The number of aromatic nitrogens is 2. The lowest BCUT2D eigenvalue weighted by atomic mass is 10.3. The summed E-state index contributed by atoms with van der Waals surface area (Å²) in [5.41, 5.74) is 8.14. The zero-order chi connectivity index (χ0) is 13.2. The number of benzene rings is 1. The molecule has 2 heterocycles. The van der Waals surface area contributed by atoms with Gasteiger partial charge >= 0.3 is 0 Å². The SMILES string of the molecule is Nc1ccc2ncc(COc3cccc(O)c3)n2c1.